The Balaban J connectivity index is 2.67. The van der Waals surface area contributed by atoms with Crippen LogP contribution in [0.2, 0.25) is 0 Å². The summed E-state index contributed by atoms with van der Waals surface area (Å²) in [6.07, 6.45) is -0.117. The lowest BCUT2D eigenvalue weighted by molar-refractivity contribution is -0.122. The lowest BCUT2D eigenvalue weighted by Gasteiger charge is -2.22. The quantitative estimate of drug-likeness (QED) is 0.241. The normalized spacial score (nSPS) is 13.1. The highest BCUT2D eigenvalue weighted by atomic mass is 32.2. The first-order chi connectivity index (χ1) is 14.4. The predicted octanol–water partition coefficient (Wildman–Crippen LogP) is 0.708. The van der Waals surface area contributed by atoms with Crippen molar-refractivity contribution in [3.63, 3.8) is 0 Å². The van der Waals surface area contributed by atoms with Gasteiger partial charge in [0, 0.05) is 13.6 Å². The van der Waals surface area contributed by atoms with E-state index in [0.717, 1.165) is 0 Å². The fourth-order valence-electron chi connectivity index (χ4n) is 2.45. The molecule has 0 spiro atoms. The lowest BCUT2D eigenvalue weighted by atomic mass is 10.1. The van der Waals surface area contributed by atoms with Crippen molar-refractivity contribution >= 4 is 28.0 Å². The van der Waals surface area contributed by atoms with E-state index in [2.05, 4.69) is 20.3 Å². The van der Waals surface area contributed by atoms with Crippen LogP contribution in [0.1, 0.15) is 33.6 Å². The maximum Gasteiger partial charge on any atom is 0.408 e. The molecule has 0 aliphatic carbocycles. The van der Waals surface area contributed by atoms with Crippen molar-refractivity contribution in [2.24, 2.45) is 10.7 Å². The highest BCUT2D eigenvalue weighted by molar-refractivity contribution is 7.90. The Morgan fingerprint density at radius 3 is 2.45 bits per heavy atom. The van der Waals surface area contributed by atoms with E-state index in [-0.39, 0.29) is 35.5 Å². The van der Waals surface area contributed by atoms with Gasteiger partial charge in [-0.2, -0.15) is 0 Å². The molecular weight excluding hydrogens is 426 g/mol. The lowest BCUT2D eigenvalue weighted by Crippen LogP contribution is -2.47. The van der Waals surface area contributed by atoms with Crippen LogP contribution in [-0.2, 0) is 19.6 Å². The molecule has 0 fully saturated rings. The Kier molecular flexibility index (Phi) is 9.56. The van der Waals surface area contributed by atoms with Crippen molar-refractivity contribution in [3.05, 3.63) is 24.3 Å². The van der Waals surface area contributed by atoms with Crippen molar-refractivity contribution in [1.29, 1.82) is 0 Å². The fourth-order valence-corrected chi connectivity index (χ4v) is 3.58. The number of hydrogen-bond acceptors (Lipinski definition) is 7. The molecule has 0 aromatic heterocycles. The van der Waals surface area contributed by atoms with E-state index in [9.17, 15) is 18.0 Å². The molecule has 1 aromatic rings. The summed E-state index contributed by atoms with van der Waals surface area (Å²) in [6.45, 7) is 5.27. The standard InChI is InChI=1S/C19H31N5O6S/c1-19(2,3)30-18(26)23-13(16(25)21-4)9-8-12-22-17(20)24-31(27,28)15-11-7-6-10-14(15)29-5/h6-7,10-11,13H,8-9,12H2,1-5H3,(H,21,25)(H,23,26)(H3,20,22,24). The van der Waals surface area contributed by atoms with Crippen LogP contribution < -0.4 is 25.8 Å². The summed E-state index contributed by atoms with van der Waals surface area (Å²) in [5.74, 6) is -0.522. The topological polar surface area (TPSA) is 161 Å². The number of amides is 2. The van der Waals surface area contributed by atoms with Crippen LogP contribution in [0.3, 0.4) is 0 Å². The summed E-state index contributed by atoms with van der Waals surface area (Å²) in [6, 6.07) is 5.26. The zero-order valence-corrected chi connectivity index (χ0v) is 19.2. The average Bonchev–Trinajstić information content (AvgIpc) is 2.67. The van der Waals surface area contributed by atoms with Gasteiger partial charge in [0.05, 0.1) is 7.11 Å². The number of aliphatic imine (C=N–C) groups is 1. The second-order valence-corrected chi connectivity index (χ2v) is 9.13. The highest BCUT2D eigenvalue weighted by Crippen LogP contribution is 2.22. The van der Waals surface area contributed by atoms with Crippen LogP contribution in [0, 0.1) is 0 Å². The molecule has 174 valence electrons. The van der Waals surface area contributed by atoms with Gasteiger partial charge in [-0.3, -0.25) is 9.79 Å². The number of carbonyl (C=O) groups is 2. The molecule has 0 saturated carbocycles. The molecule has 31 heavy (non-hydrogen) atoms. The Bertz CT molecular complexity index is 895. The summed E-state index contributed by atoms with van der Waals surface area (Å²) in [5.41, 5.74) is 4.99. The summed E-state index contributed by atoms with van der Waals surface area (Å²) in [4.78, 5) is 27.8. The minimum Gasteiger partial charge on any atom is -0.495 e. The molecule has 0 heterocycles. The van der Waals surface area contributed by atoms with Gasteiger partial charge >= 0.3 is 6.09 Å². The third kappa shape index (κ3) is 9.11. The van der Waals surface area contributed by atoms with Crippen molar-refractivity contribution in [2.45, 2.75) is 50.2 Å². The summed E-state index contributed by atoms with van der Waals surface area (Å²) in [7, 11) is -1.16. The van der Waals surface area contributed by atoms with Crippen LogP contribution in [-0.4, -0.2) is 58.7 Å². The number of alkyl carbamates (subject to hydrolysis) is 1. The Hall–Kier alpha value is -3.02. The molecular formula is C19H31N5O6S. The van der Waals surface area contributed by atoms with Gasteiger partial charge in [0.25, 0.3) is 10.0 Å². The number of rotatable bonds is 9. The molecule has 1 aromatic carbocycles. The van der Waals surface area contributed by atoms with Crippen molar-refractivity contribution in [2.75, 3.05) is 20.7 Å². The molecule has 5 N–H and O–H groups in total. The van der Waals surface area contributed by atoms with Gasteiger partial charge < -0.3 is 25.8 Å². The van der Waals surface area contributed by atoms with Gasteiger partial charge in [-0.15, -0.1) is 0 Å². The molecule has 0 aliphatic heterocycles. The number of nitrogens with one attached hydrogen (secondary N) is 3. The highest BCUT2D eigenvalue weighted by Gasteiger charge is 2.23. The van der Waals surface area contributed by atoms with Crippen molar-refractivity contribution < 1.29 is 27.5 Å². The molecule has 2 amide bonds. The van der Waals surface area contributed by atoms with Crippen LogP contribution in [0.15, 0.2) is 34.2 Å². The van der Waals surface area contributed by atoms with Crippen LogP contribution in [0.25, 0.3) is 0 Å². The second-order valence-electron chi connectivity index (χ2n) is 7.48. The van der Waals surface area contributed by atoms with Gasteiger partial charge in [-0.1, -0.05) is 12.1 Å². The van der Waals surface area contributed by atoms with Gasteiger partial charge in [-0.05, 0) is 45.7 Å². The Morgan fingerprint density at radius 2 is 1.87 bits per heavy atom. The fraction of sp³-hybridized carbons (Fsp3) is 0.526. The van der Waals surface area contributed by atoms with Crippen LogP contribution >= 0.6 is 0 Å². The van der Waals surface area contributed by atoms with Crippen molar-refractivity contribution in [3.8, 4) is 5.75 Å². The molecule has 11 nitrogen and oxygen atoms in total. The maximum atomic E-state index is 12.5. The number of sulfonamides is 1. The molecule has 1 atom stereocenters. The smallest absolute Gasteiger partial charge is 0.408 e. The third-order valence-corrected chi connectivity index (χ3v) is 5.18. The van der Waals surface area contributed by atoms with Crippen molar-refractivity contribution in [1.82, 2.24) is 15.4 Å². The summed E-state index contributed by atoms with van der Waals surface area (Å²) < 4.78 is 37.3. The average molecular weight is 458 g/mol. The van der Waals surface area contributed by atoms with E-state index >= 15 is 0 Å². The van der Waals surface area contributed by atoms with Gasteiger partial charge in [-0.25, -0.2) is 17.9 Å². The number of ether oxygens (including phenoxy) is 2. The zero-order chi connectivity index (χ0) is 23.7. The van der Waals surface area contributed by atoms with E-state index < -0.39 is 27.8 Å². The number of benzene rings is 1. The van der Waals surface area contributed by atoms with E-state index in [4.69, 9.17) is 15.2 Å². The van der Waals surface area contributed by atoms with Gasteiger partial charge in [0.2, 0.25) is 11.9 Å². The second kappa shape index (κ2) is 11.4. The van der Waals surface area contributed by atoms with Crippen LogP contribution in [0.5, 0.6) is 5.75 Å². The number of hydrogen-bond donors (Lipinski definition) is 4. The molecule has 0 bridgehead atoms. The van der Waals surface area contributed by atoms with Crippen LogP contribution in [0.4, 0.5) is 4.79 Å². The number of methoxy groups -OCH3 is 1. The minimum absolute atomic E-state index is 0.0723. The molecule has 1 rings (SSSR count). The molecule has 0 aliphatic rings. The number of guanidine groups is 1. The van der Waals surface area contributed by atoms with E-state index in [0.29, 0.717) is 6.42 Å². The largest absolute Gasteiger partial charge is 0.495 e. The number of nitrogens with two attached hydrogens (primary N) is 1. The zero-order valence-electron chi connectivity index (χ0n) is 18.4. The molecule has 0 saturated heterocycles. The Morgan fingerprint density at radius 1 is 1.23 bits per heavy atom. The number of likely N-dealkylation sites (N-methyl/N-ethyl adjacent to an activating group) is 1. The number of nitrogens with zero attached hydrogens (tertiary/aromatic N) is 1. The molecule has 12 heteroatoms. The monoisotopic (exact) mass is 457 g/mol. The van der Waals surface area contributed by atoms with Gasteiger partial charge in [0.15, 0.2) is 0 Å². The number of carbonyl (C=O) groups excluding carboxylic acids is 2. The molecule has 0 radical (unpaired) electrons. The first-order valence-electron chi connectivity index (χ1n) is 9.56. The van der Waals surface area contributed by atoms with E-state index in [1.807, 2.05) is 0 Å². The SMILES string of the molecule is CNC(=O)C(CCCN=C(N)NS(=O)(=O)c1ccccc1OC)NC(=O)OC(C)(C)C. The van der Waals surface area contributed by atoms with Gasteiger partial charge in [0.1, 0.15) is 22.3 Å². The molecule has 1 unspecified atom stereocenters. The summed E-state index contributed by atoms with van der Waals surface area (Å²) in [5, 5.41) is 4.98. The van der Waals surface area contributed by atoms with E-state index in [1.54, 1.807) is 32.9 Å². The number of para-hydroxylation sites is 1. The summed E-state index contributed by atoms with van der Waals surface area (Å²) >= 11 is 0. The minimum atomic E-state index is -3.97. The van der Waals surface area contributed by atoms with E-state index in [1.165, 1.54) is 26.3 Å². The predicted molar refractivity (Wildman–Crippen MR) is 116 cm³/mol. The first kappa shape index (κ1) is 26.0. The maximum absolute atomic E-state index is 12.5. The first-order valence-corrected chi connectivity index (χ1v) is 11.0. The Labute approximate surface area is 182 Å². The third-order valence-electron chi connectivity index (χ3n) is 3.78.